The van der Waals surface area contributed by atoms with Gasteiger partial charge < -0.3 is 10.5 Å². The first-order valence-electron chi connectivity index (χ1n) is 4.96. The number of esters is 1. The SMILES string of the molecule is COC(=O)c1nn(-c2ncccc2C#N)cc1N. The number of nitriles is 1. The number of hydrogen-bond acceptors (Lipinski definition) is 6. The Morgan fingerprint density at radius 1 is 1.61 bits per heavy atom. The molecule has 2 aromatic heterocycles. The van der Waals surface area contributed by atoms with Crippen molar-refractivity contribution in [2.75, 3.05) is 12.8 Å². The predicted octanol–water partition coefficient (Wildman–Crippen LogP) is 0.508. The molecular formula is C11H9N5O2. The van der Waals surface area contributed by atoms with Gasteiger partial charge in [0.1, 0.15) is 6.07 Å². The quantitative estimate of drug-likeness (QED) is 0.770. The minimum Gasteiger partial charge on any atom is -0.464 e. The topological polar surface area (TPSA) is 107 Å². The highest BCUT2D eigenvalue weighted by molar-refractivity contribution is 5.92. The average molecular weight is 243 g/mol. The van der Waals surface area contributed by atoms with Gasteiger partial charge >= 0.3 is 5.97 Å². The Morgan fingerprint density at radius 3 is 3.06 bits per heavy atom. The van der Waals surface area contributed by atoms with E-state index in [0.29, 0.717) is 11.4 Å². The summed E-state index contributed by atoms with van der Waals surface area (Å²) in [7, 11) is 1.24. The first-order valence-corrected chi connectivity index (χ1v) is 4.96. The fourth-order valence-electron chi connectivity index (χ4n) is 1.42. The Hall–Kier alpha value is -2.88. The molecule has 0 aliphatic rings. The maximum Gasteiger partial charge on any atom is 0.360 e. The van der Waals surface area contributed by atoms with Gasteiger partial charge in [0.2, 0.25) is 0 Å². The average Bonchev–Trinajstić information content (AvgIpc) is 2.79. The first-order chi connectivity index (χ1) is 8.67. The number of ether oxygens (including phenoxy) is 1. The van der Waals surface area contributed by atoms with Crippen LogP contribution in [0.3, 0.4) is 0 Å². The van der Waals surface area contributed by atoms with E-state index in [-0.39, 0.29) is 11.4 Å². The number of rotatable bonds is 2. The summed E-state index contributed by atoms with van der Waals surface area (Å²) in [6, 6.07) is 5.22. The molecule has 0 bridgehead atoms. The molecule has 2 N–H and O–H groups in total. The van der Waals surface area contributed by atoms with E-state index in [1.54, 1.807) is 12.1 Å². The van der Waals surface area contributed by atoms with Crippen molar-refractivity contribution < 1.29 is 9.53 Å². The van der Waals surface area contributed by atoms with E-state index in [2.05, 4.69) is 14.8 Å². The van der Waals surface area contributed by atoms with Gasteiger partial charge in [-0.15, -0.1) is 0 Å². The first kappa shape index (κ1) is 11.6. The standard InChI is InChI=1S/C11H9N5O2/c1-18-11(17)9-8(13)6-16(15-9)10-7(5-12)3-2-4-14-10/h2-4,6H,13H2,1H3. The highest BCUT2D eigenvalue weighted by Gasteiger charge is 2.17. The Balaban J connectivity index is 2.53. The van der Waals surface area contributed by atoms with Gasteiger partial charge in [0, 0.05) is 6.20 Å². The summed E-state index contributed by atoms with van der Waals surface area (Å²) in [6.45, 7) is 0. The Kier molecular flexibility index (Phi) is 2.93. The van der Waals surface area contributed by atoms with Crippen LogP contribution in [0.1, 0.15) is 16.1 Å². The van der Waals surface area contributed by atoms with Crippen molar-refractivity contribution in [1.82, 2.24) is 14.8 Å². The summed E-state index contributed by atoms with van der Waals surface area (Å²) in [5.74, 6) is -0.331. The van der Waals surface area contributed by atoms with Crippen LogP contribution in [0.2, 0.25) is 0 Å². The fraction of sp³-hybridized carbons (Fsp3) is 0.0909. The largest absolute Gasteiger partial charge is 0.464 e. The molecule has 7 heteroatoms. The number of hydrogen-bond donors (Lipinski definition) is 1. The Bertz CT molecular complexity index is 641. The van der Waals surface area contributed by atoms with Gasteiger partial charge in [-0.2, -0.15) is 10.4 Å². The van der Waals surface area contributed by atoms with Crippen molar-refractivity contribution in [3.05, 3.63) is 35.8 Å². The second kappa shape index (κ2) is 4.55. The minimum absolute atomic E-state index is 0.00737. The smallest absolute Gasteiger partial charge is 0.360 e. The normalized spacial score (nSPS) is 9.78. The van der Waals surface area contributed by atoms with Gasteiger partial charge in [0.25, 0.3) is 0 Å². The molecule has 0 saturated carbocycles. The van der Waals surface area contributed by atoms with Gasteiger partial charge in [-0.25, -0.2) is 14.5 Å². The monoisotopic (exact) mass is 243 g/mol. The van der Waals surface area contributed by atoms with E-state index < -0.39 is 5.97 Å². The van der Waals surface area contributed by atoms with E-state index in [4.69, 9.17) is 11.0 Å². The molecule has 7 nitrogen and oxygen atoms in total. The number of nitrogens with zero attached hydrogens (tertiary/aromatic N) is 4. The zero-order valence-electron chi connectivity index (χ0n) is 9.49. The maximum absolute atomic E-state index is 11.4. The molecule has 0 spiro atoms. The van der Waals surface area contributed by atoms with E-state index in [1.165, 1.54) is 24.2 Å². The second-order valence-electron chi connectivity index (χ2n) is 3.36. The predicted molar refractivity (Wildman–Crippen MR) is 61.8 cm³/mol. The van der Waals surface area contributed by atoms with E-state index in [0.717, 1.165) is 0 Å². The molecule has 0 aromatic carbocycles. The lowest BCUT2D eigenvalue weighted by Gasteiger charge is -2.00. The van der Waals surface area contributed by atoms with Crippen molar-refractivity contribution in [2.24, 2.45) is 0 Å². The third kappa shape index (κ3) is 1.87. The van der Waals surface area contributed by atoms with Crippen molar-refractivity contribution >= 4 is 11.7 Å². The highest BCUT2D eigenvalue weighted by atomic mass is 16.5. The summed E-state index contributed by atoms with van der Waals surface area (Å²) in [5.41, 5.74) is 6.14. The zero-order valence-corrected chi connectivity index (χ0v) is 9.49. The number of nitrogens with two attached hydrogens (primary N) is 1. The van der Waals surface area contributed by atoms with Crippen molar-refractivity contribution in [3.63, 3.8) is 0 Å². The van der Waals surface area contributed by atoms with Crippen LogP contribution in [-0.2, 0) is 4.74 Å². The number of anilines is 1. The molecular weight excluding hydrogens is 234 g/mol. The maximum atomic E-state index is 11.4. The van der Waals surface area contributed by atoms with Crippen LogP contribution in [-0.4, -0.2) is 27.8 Å². The van der Waals surface area contributed by atoms with Gasteiger partial charge in [-0.1, -0.05) is 0 Å². The molecule has 0 radical (unpaired) electrons. The molecule has 90 valence electrons. The van der Waals surface area contributed by atoms with E-state index in [1.807, 2.05) is 6.07 Å². The van der Waals surface area contributed by atoms with Gasteiger partial charge in [0.15, 0.2) is 11.5 Å². The number of aromatic nitrogens is 3. The molecule has 2 rings (SSSR count). The fourth-order valence-corrected chi connectivity index (χ4v) is 1.42. The van der Waals surface area contributed by atoms with Crippen LogP contribution in [0.5, 0.6) is 0 Å². The van der Waals surface area contributed by atoms with E-state index >= 15 is 0 Å². The molecule has 18 heavy (non-hydrogen) atoms. The molecule has 0 amide bonds. The minimum atomic E-state index is -0.638. The summed E-state index contributed by atoms with van der Waals surface area (Å²) in [4.78, 5) is 15.4. The number of carbonyl (C=O) groups excluding carboxylic acids is 1. The van der Waals surface area contributed by atoms with Crippen LogP contribution in [0.25, 0.3) is 5.82 Å². The molecule has 0 aliphatic heterocycles. The molecule has 0 aliphatic carbocycles. The summed E-state index contributed by atoms with van der Waals surface area (Å²) in [5, 5.41) is 12.9. The molecule has 0 fully saturated rings. The number of methoxy groups -OCH3 is 1. The lowest BCUT2D eigenvalue weighted by Crippen LogP contribution is -2.07. The lowest BCUT2D eigenvalue weighted by atomic mass is 10.3. The van der Waals surface area contributed by atoms with Gasteiger partial charge in [-0.3, -0.25) is 0 Å². The lowest BCUT2D eigenvalue weighted by molar-refractivity contribution is 0.0594. The summed E-state index contributed by atoms with van der Waals surface area (Å²) < 4.78 is 5.82. The van der Waals surface area contributed by atoms with Crippen molar-refractivity contribution in [2.45, 2.75) is 0 Å². The van der Waals surface area contributed by atoms with Crippen LogP contribution in [0.4, 0.5) is 5.69 Å². The Labute approximate surface area is 102 Å². The van der Waals surface area contributed by atoms with Crippen molar-refractivity contribution in [3.8, 4) is 11.9 Å². The van der Waals surface area contributed by atoms with Crippen LogP contribution >= 0.6 is 0 Å². The number of nitrogen functional groups attached to an aromatic ring is 1. The molecule has 0 saturated heterocycles. The van der Waals surface area contributed by atoms with Gasteiger partial charge in [0.05, 0.1) is 24.6 Å². The van der Waals surface area contributed by atoms with Crippen LogP contribution in [0, 0.1) is 11.3 Å². The van der Waals surface area contributed by atoms with Crippen LogP contribution in [0.15, 0.2) is 24.5 Å². The zero-order chi connectivity index (χ0) is 13.1. The van der Waals surface area contributed by atoms with Crippen LogP contribution < -0.4 is 5.73 Å². The molecule has 0 atom stereocenters. The van der Waals surface area contributed by atoms with Gasteiger partial charge in [-0.05, 0) is 12.1 Å². The van der Waals surface area contributed by atoms with E-state index in [9.17, 15) is 4.79 Å². The number of carbonyl (C=O) groups is 1. The third-order valence-corrected chi connectivity index (χ3v) is 2.25. The highest BCUT2D eigenvalue weighted by Crippen LogP contribution is 2.15. The van der Waals surface area contributed by atoms with Crippen molar-refractivity contribution in [1.29, 1.82) is 5.26 Å². The molecule has 0 unspecified atom stereocenters. The summed E-state index contributed by atoms with van der Waals surface area (Å²) in [6.07, 6.45) is 2.93. The number of pyridine rings is 1. The summed E-state index contributed by atoms with van der Waals surface area (Å²) >= 11 is 0. The molecule has 2 aromatic rings. The Morgan fingerprint density at radius 2 is 2.39 bits per heavy atom. The second-order valence-corrected chi connectivity index (χ2v) is 3.36. The third-order valence-electron chi connectivity index (χ3n) is 2.25. The molecule has 2 heterocycles.